The van der Waals surface area contributed by atoms with Crippen molar-refractivity contribution in [3.05, 3.63) is 29.6 Å². The van der Waals surface area contributed by atoms with Crippen LogP contribution in [0.2, 0.25) is 0 Å². The van der Waals surface area contributed by atoms with Crippen LogP contribution in [-0.2, 0) is 17.9 Å². The Hall–Kier alpha value is -0.930. The van der Waals surface area contributed by atoms with Crippen molar-refractivity contribution in [3.63, 3.8) is 0 Å². The molecule has 1 saturated heterocycles. The molecule has 88 valence electrons. The van der Waals surface area contributed by atoms with E-state index in [1.54, 1.807) is 7.11 Å². The second-order valence-corrected chi connectivity index (χ2v) is 4.74. The minimum absolute atomic E-state index is 0.645. The molecule has 0 N–H and O–H groups in total. The van der Waals surface area contributed by atoms with Crippen LogP contribution in [0.3, 0.4) is 0 Å². The third kappa shape index (κ3) is 2.42. The first-order chi connectivity index (χ1) is 7.70. The molecule has 3 heteroatoms. The van der Waals surface area contributed by atoms with Gasteiger partial charge in [-0.3, -0.25) is 9.88 Å². The fourth-order valence-electron chi connectivity index (χ4n) is 2.46. The van der Waals surface area contributed by atoms with E-state index in [2.05, 4.69) is 29.8 Å². The van der Waals surface area contributed by atoms with Crippen LogP contribution in [0.4, 0.5) is 0 Å². The number of pyridine rings is 1. The Morgan fingerprint density at radius 1 is 1.31 bits per heavy atom. The van der Waals surface area contributed by atoms with Crippen LogP contribution < -0.4 is 0 Å². The Labute approximate surface area is 97.4 Å². The van der Waals surface area contributed by atoms with Gasteiger partial charge in [0, 0.05) is 38.1 Å². The fourth-order valence-corrected chi connectivity index (χ4v) is 2.46. The first-order valence-electron chi connectivity index (χ1n) is 5.88. The largest absolute Gasteiger partial charge is 0.380 e. The van der Waals surface area contributed by atoms with E-state index in [4.69, 9.17) is 4.74 Å². The normalized spacial score (nSPS) is 25.4. The number of aromatic nitrogens is 1. The van der Waals surface area contributed by atoms with Crippen LogP contribution in [0, 0.1) is 0 Å². The van der Waals surface area contributed by atoms with Gasteiger partial charge < -0.3 is 4.74 Å². The molecule has 2 rings (SSSR count). The molecular formula is C13H20N2O. The van der Waals surface area contributed by atoms with E-state index in [-0.39, 0.29) is 0 Å². The standard InChI is InChI=1S/C13H20N2O/c1-10-4-11(2)15(10)8-12-5-13(9-16-3)7-14-6-12/h5-7,10-11H,4,8-9H2,1-3H3. The van der Waals surface area contributed by atoms with Gasteiger partial charge in [0.2, 0.25) is 0 Å². The van der Waals surface area contributed by atoms with Gasteiger partial charge in [0.1, 0.15) is 0 Å². The smallest absolute Gasteiger partial charge is 0.0728 e. The van der Waals surface area contributed by atoms with E-state index >= 15 is 0 Å². The van der Waals surface area contributed by atoms with E-state index in [1.165, 1.54) is 12.0 Å². The number of nitrogens with zero attached hydrogens (tertiary/aromatic N) is 2. The molecule has 2 unspecified atom stereocenters. The van der Waals surface area contributed by atoms with Crippen molar-refractivity contribution in [2.45, 2.75) is 45.5 Å². The van der Waals surface area contributed by atoms with Crippen molar-refractivity contribution in [1.29, 1.82) is 0 Å². The van der Waals surface area contributed by atoms with Crippen LogP contribution in [0.15, 0.2) is 18.5 Å². The Morgan fingerprint density at radius 2 is 2.00 bits per heavy atom. The maximum Gasteiger partial charge on any atom is 0.0728 e. The monoisotopic (exact) mass is 220 g/mol. The van der Waals surface area contributed by atoms with Gasteiger partial charge in [0.25, 0.3) is 0 Å². The summed E-state index contributed by atoms with van der Waals surface area (Å²) >= 11 is 0. The molecule has 1 fully saturated rings. The molecule has 0 spiro atoms. The van der Waals surface area contributed by atoms with Gasteiger partial charge in [-0.25, -0.2) is 0 Å². The first kappa shape index (κ1) is 11.6. The summed E-state index contributed by atoms with van der Waals surface area (Å²) in [6.07, 6.45) is 5.14. The van der Waals surface area contributed by atoms with Crippen LogP contribution in [-0.4, -0.2) is 29.1 Å². The predicted molar refractivity (Wildman–Crippen MR) is 64.0 cm³/mol. The van der Waals surface area contributed by atoms with E-state index in [1.807, 2.05) is 12.4 Å². The van der Waals surface area contributed by atoms with Crippen LogP contribution in [0.1, 0.15) is 31.4 Å². The van der Waals surface area contributed by atoms with Crippen molar-refractivity contribution < 1.29 is 4.74 Å². The van der Waals surface area contributed by atoms with E-state index < -0.39 is 0 Å². The number of rotatable bonds is 4. The lowest BCUT2D eigenvalue weighted by Gasteiger charge is -2.45. The number of ether oxygens (including phenoxy) is 1. The quantitative estimate of drug-likeness (QED) is 0.778. The maximum absolute atomic E-state index is 5.12. The lowest BCUT2D eigenvalue weighted by molar-refractivity contribution is 0.0294. The average Bonchev–Trinajstić information content (AvgIpc) is 2.27. The van der Waals surface area contributed by atoms with Gasteiger partial charge in [-0.05, 0) is 37.5 Å². The average molecular weight is 220 g/mol. The van der Waals surface area contributed by atoms with Crippen molar-refractivity contribution in [2.24, 2.45) is 0 Å². The molecule has 2 atom stereocenters. The van der Waals surface area contributed by atoms with Gasteiger partial charge in [-0.2, -0.15) is 0 Å². The third-order valence-electron chi connectivity index (χ3n) is 3.34. The summed E-state index contributed by atoms with van der Waals surface area (Å²) in [5.41, 5.74) is 2.44. The number of hydrogen-bond acceptors (Lipinski definition) is 3. The molecule has 3 nitrogen and oxygen atoms in total. The van der Waals surface area contributed by atoms with Crippen LogP contribution in [0.5, 0.6) is 0 Å². The number of hydrogen-bond donors (Lipinski definition) is 0. The molecule has 0 radical (unpaired) electrons. The molecule has 1 aromatic heterocycles. The summed E-state index contributed by atoms with van der Waals surface area (Å²) < 4.78 is 5.12. The van der Waals surface area contributed by atoms with Crippen molar-refractivity contribution in [1.82, 2.24) is 9.88 Å². The topological polar surface area (TPSA) is 25.4 Å². The lowest BCUT2D eigenvalue weighted by Crippen LogP contribution is -2.51. The number of methoxy groups -OCH3 is 1. The maximum atomic E-state index is 5.12. The first-order valence-corrected chi connectivity index (χ1v) is 5.88. The Kier molecular flexibility index (Phi) is 3.56. The molecule has 0 bridgehead atoms. The molecular weight excluding hydrogens is 200 g/mol. The lowest BCUT2D eigenvalue weighted by atomic mass is 9.95. The summed E-state index contributed by atoms with van der Waals surface area (Å²) in [6, 6.07) is 3.61. The Morgan fingerprint density at radius 3 is 2.62 bits per heavy atom. The van der Waals surface area contributed by atoms with Crippen molar-refractivity contribution in [2.75, 3.05) is 7.11 Å². The zero-order valence-corrected chi connectivity index (χ0v) is 10.3. The third-order valence-corrected chi connectivity index (χ3v) is 3.34. The highest BCUT2D eigenvalue weighted by atomic mass is 16.5. The van der Waals surface area contributed by atoms with Crippen molar-refractivity contribution >= 4 is 0 Å². The molecule has 1 aliphatic heterocycles. The summed E-state index contributed by atoms with van der Waals surface area (Å²) in [5, 5.41) is 0. The minimum atomic E-state index is 0.645. The molecule has 1 aliphatic rings. The summed E-state index contributed by atoms with van der Waals surface area (Å²) in [7, 11) is 1.71. The van der Waals surface area contributed by atoms with E-state index in [0.29, 0.717) is 18.7 Å². The fraction of sp³-hybridized carbons (Fsp3) is 0.615. The summed E-state index contributed by atoms with van der Waals surface area (Å²) in [4.78, 5) is 6.77. The van der Waals surface area contributed by atoms with Gasteiger partial charge in [-0.1, -0.05) is 0 Å². The second-order valence-electron chi connectivity index (χ2n) is 4.74. The molecule has 0 aromatic carbocycles. The summed E-state index contributed by atoms with van der Waals surface area (Å²) in [5.74, 6) is 0. The SMILES string of the molecule is COCc1cncc(CN2C(C)CC2C)c1. The zero-order valence-electron chi connectivity index (χ0n) is 10.3. The molecule has 2 heterocycles. The summed E-state index contributed by atoms with van der Waals surface area (Å²) in [6.45, 7) is 6.22. The van der Waals surface area contributed by atoms with Gasteiger partial charge >= 0.3 is 0 Å². The highest BCUT2D eigenvalue weighted by Gasteiger charge is 2.31. The second kappa shape index (κ2) is 4.93. The van der Waals surface area contributed by atoms with E-state index in [0.717, 1.165) is 12.1 Å². The van der Waals surface area contributed by atoms with Gasteiger partial charge in [0.15, 0.2) is 0 Å². The molecule has 16 heavy (non-hydrogen) atoms. The van der Waals surface area contributed by atoms with E-state index in [9.17, 15) is 0 Å². The van der Waals surface area contributed by atoms with Crippen LogP contribution >= 0.6 is 0 Å². The zero-order chi connectivity index (χ0) is 11.5. The number of likely N-dealkylation sites (tertiary alicyclic amines) is 1. The minimum Gasteiger partial charge on any atom is -0.380 e. The predicted octanol–water partition coefficient (Wildman–Crippen LogP) is 2.21. The Bertz CT molecular complexity index is 346. The van der Waals surface area contributed by atoms with Gasteiger partial charge in [-0.15, -0.1) is 0 Å². The molecule has 1 aromatic rings. The van der Waals surface area contributed by atoms with Crippen LogP contribution in [0.25, 0.3) is 0 Å². The Balaban J connectivity index is 2.01. The van der Waals surface area contributed by atoms with Gasteiger partial charge in [0.05, 0.1) is 6.61 Å². The molecule has 0 aliphatic carbocycles. The molecule has 0 saturated carbocycles. The highest BCUT2D eigenvalue weighted by molar-refractivity contribution is 5.18. The highest BCUT2D eigenvalue weighted by Crippen LogP contribution is 2.26. The molecule has 0 amide bonds. The van der Waals surface area contributed by atoms with Crippen molar-refractivity contribution in [3.8, 4) is 0 Å².